The number of hydrogen-bond acceptors (Lipinski definition) is 3. The van der Waals surface area contributed by atoms with Crippen LogP contribution in [0.3, 0.4) is 0 Å². The Labute approximate surface area is 123 Å². The second kappa shape index (κ2) is 6.61. The lowest BCUT2D eigenvalue weighted by atomic mass is 10.0. The van der Waals surface area contributed by atoms with Crippen molar-refractivity contribution in [3.63, 3.8) is 0 Å². The first-order valence-corrected chi connectivity index (χ1v) is 6.66. The molecule has 5 nitrogen and oxygen atoms in total. The van der Waals surface area contributed by atoms with Crippen molar-refractivity contribution >= 4 is 23.4 Å². The zero-order chi connectivity index (χ0) is 15.3. The fourth-order valence-corrected chi connectivity index (χ4v) is 1.63. The molecule has 0 fully saturated rings. The van der Waals surface area contributed by atoms with E-state index in [0.29, 0.717) is 5.02 Å². The molecule has 0 atom stereocenters. The highest BCUT2D eigenvalue weighted by atomic mass is 35.5. The number of benzene rings is 1. The van der Waals surface area contributed by atoms with Gasteiger partial charge in [0.25, 0.3) is 11.8 Å². The van der Waals surface area contributed by atoms with Gasteiger partial charge >= 0.3 is 0 Å². The zero-order valence-electron chi connectivity index (χ0n) is 11.8. The number of amides is 2. The number of hydrogen-bond donors (Lipinski definition) is 2. The lowest BCUT2D eigenvalue weighted by Gasteiger charge is -2.24. The van der Waals surface area contributed by atoms with Gasteiger partial charge in [0, 0.05) is 10.6 Å². The van der Waals surface area contributed by atoms with Crippen LogP contribution in [0.4, 0.5) is 0 Å². The molecule has 0 heterocycles. The Morgan fingerprint density at radius 2 is 2.05 bits per heavy atom. The number of halogens is 1. The third kappa shape index (κ3) is 4.74. The normalized spacial score (nSPS) is 11.0. The minimum atomic E-state index is -0.633. The first-order chi connectivity index (χ1) is 9.25. The van der Waals surface area contributed by atoms with E-state index in [9.17, 15) is 9.59 Å². The van der Waals surface area contributed by atoms with Crippen molar-refractivity contribution in [2.45, 2.75) is 32.7 Å². The van der Waals surface area contributed by atoms with Crippen LogP contribution < -0.4 is 15.8 Å². The number of rotatable bonds is 6. The Hall–Kier alpha value is -1.75. The molecular weight excluding hydrogens is 280 g/mol. The van der Waals surface area contributed by atoms with Crippen LogP contribution in [0.2, 0.25) is 5.02 Å². The second-order valence-corrected chi connectivity index (χ2v) is 5.52. The van der Waals surface area contributed by atoms with Crippen LogP contribution >= 0.6 is 11.6 Å². The quantitative estimate of drug-likeness (QED) is 0.844. The Morgan fingerprint density at radius 3 is 2.60 bits per heavy atom. The van der Waals surface area contributed by atoms with Crippen molar-refractivity contribution in [1.29, 1.82) is 0 Å². The number of carbonyl (C=O) groups excluding carboxylic acids is 2. The predicted molar refractivity (Wildman–Crippen MR) is 78.0 cm³/mol. The number of nitrogens with one attached hydrogen (secondary N) is 1. The molecule has 1 aromatic rings. The van der Waals surface area contributed by atoms with Crippen LogP contribution in [0, 0.1) is 0 Å². The number of nitrogens with two attached hydrogens (primary N) is 1. The Morgan fingerprint density at radius 1 is 1.40 bits per heavy atom. The molecule has 1 rings (SSSR count). The molecule has 0 saturated heterocycles. The van der Waals surface area contributed by atoms with Gasteiger partial charge in [-0.2, -0.15) is 0 Å². The maximum Gasteiger partial charge on any atom is 0.258 e. The molecule has 0 aliphatic heterocycles. The third-order valence-corrected chi connectivity index (χ3v) is 3.16. The van der Waals surface area contributed by atoms with Gasteiger partial charge in [0.05, 0.1) is 5.56 Å². The molecule has 1 aromatic carbocycles. The van der Waals surface area contributed by atoms with E-state index in [1.165, 1.54) is 18.2 Å². The summed E-state index contributed by atoms with van der Waals surface area (Å²) in [4.78, 5) is 23.0. The smallest absolute Gasteiger partial charge is 0.258 e. The van der Waals surface area contributed by atoms with E-state index in [0.717, 1.165) is 6.42 Å². The van der Waals surface area contributed by atoms with Gasteiger partial charge in [-0.1, -0.05) is 18.5 Å². The van der Waals surface area contributed by atoms with Crippen molar-refractivity contribution in [3.05, 3.63) is 28.8 Å². The average molecular weight is 299 g/mol. The van der Waals surface area contributed by atoms with Crippen LogP contribution in [0.1, 0.15) is 37.6 Å². The van der Waals surface area contributed by atoms with Crippen LogP contribution in [-0.4, -0.2) is 24.0 Å². The van der Waals surface area contributed by atoms with E-state index in [4.69, 9.17) is 22.1 Å². The summed E-state index contributed by atoms with van der Waals surface area (Å²) in [5.41, 5.74) is 5.12. The van der Waals surface area contributed by atoms with Crippen LogP contribution in [-0.2, 0) is 4.79 Å². The second-order valence-electron chi connectivity index (χ2n) is 5.08. The Kier molecular flexibility index (Phi) is 5.39. The van der Waals surface area contributed by atoms with E-state index in [1.54, 1.807) is 0 Å². The summed E-state index contributed by atoms with van der Waals surface area (Å²) in [6, 6.07) is 4.46. The maximum atomic E-state index is 11.8. The number of primary amides is 1. The van der Waals surface area contributed by atoms with Gasteiger partial charge < -0.3 is 15.8 Å². The van der Waals surface area contributed by atoms with Gasteiger partial charge in [0.2, 0.25) is 0 Å². The molecule has 0 aliphatic carbocycles. The first kappa shape index (κ1) is 16.3. The minimum absolute atomic E-state index is 0.192. The lowest BCUT2D eigenvalue weighted by Crippen LogP contribution is -2.45. The third-order valence-electron chi connectivity index (χ3n) is 2.93. The molecular formula is C14H19ClN2O3. The van der Waals surface area contributed by atoms with Crippen LogP contribution in [0.25, 0.3) is 0 Å². The fraction of sp³-hybridized carbons (Fsp3) is 0.429. The molecule has 20 heavy (non-hydrogen) atoms. The molecule has 0 radical (unpaired) electrons. The molecule has 0 bridgehead atoms. The van der Waals surface area contributed by atoms with Crippen molar-refractivity contribution in [2.24, 2.45) is 5.73 Å². The molecule has 2 amide bonds. The highest BCUT2D eigenvalue weighted by molar-refractivity contribution is 6.30. The van der Waals surface area contributed by atoms with E-state index >= 15 is 0 Å². The molecule has 0 spiro atoms. The van der Waals surface area contributed by atoms with Crippen molar-refractivity contribution in [1.82, 2.24) is 5.32 Å². The molecule has 0 aromatic heterocycles. The zero-order valence-corrected chi connectivity index (χ0v) is 12.6. The van der Waals surface area contributed by atoms with Gasteiger partial charge in [-0.3, -0.25) is 9.59 Å². The number of ether oxygens (including phenoxy) is 1. The molecule has 0 saturated carbocycles. The van der Waals surface area contributed by atoms with E-state index in [1.807, 2.05) is 20.8 Å². The van der Waals surface area contributed by atoms with E-state index in [2.05, 4.69) is 5.32 Å². The van der Waals surface area contributed by atoms with E-state index in [-0.39, 0.29) is 29.4 Å². The average Bonchev–Trinajstić information content (AvgIpc) is 2.35. The van der Waals surface area contributed by atoms with E-state index < -0.39 is 5.91 Å². The first-order valence-electron chi connectivity index (χ1n) is 6.28. The standard InChI is InChI=1S/C14H19ClN2O3/c1-4-14(2,3)17-12(18)8-20-11-7-9(15)5-6-10(11)13(16)19/h5-7H,4,8H2,1-3H3,(H2,16,19)(H,17,18). The molecule has 0 unspecified atom stereocenters. The minimum Gasteiger partial charge on any atom is -0.483 e. The van der Waals surface area contributed by atoms with Crippen molar-refractivity contribution < 1.29 is 14.3 Å². The lowest BCUT2D eigenvalue weighted by molar-refractivity contribution is -0.124. The highest BCUT2D eigenvalue weighted by Crippen LogP contribution is 2.23. The fourth-order valence-electron chi connectivity index (χ4n) is 1.46. The summed E-state index contributed by atoms with van der Waals surface area (Å²) in [5, 5.41) is 3.23. The summed E-state index contributed by atoms with van der Waals surface area (Å²) in [6.45, 7) is 5.60. The monoisotopic (exact) mass is 298 g/mol. The molecule has 3 N–H and O–H groups in total. The molecule has 0 aliphatic rings. The summed E-state index contributed by atoms with van der Waals surface area (Å²) < 4.78 is 5.33. The van der Waals surface area contributed by atoms with Gasteiger partial charge in [0.15, 0.2) is 6.61 Å². The largest absolute Gasteiger partial charge is 0.483 e. The maximum absolute atomic E-state index is 11.8. The molecule has 110 valence electrons. The van der Waals surface area contributed by atoms with Crippen molar-refractivity contribution in [3.8, 4) is 5.75 Å². The summed E-state index contributed by atoms with van der Waals surface area (Å²) >= 11 is 5.83. The topological polar surface area (TPSA) is 81.4 Å². The summed E-state index contributed by atoms with van der Waals surface area (Å²) in [7, 11) is 0. The summed E-state index contributed by atoms with van der Waals surface area (Å²) in [6.07, 6.45) is 0.794. The van der Waals surface area contributed by atoms with Gasteiger partial charge in [-0.05, 0) is 38.5 Å². The Balaban J connectivity index is 2.73. The van der Waals surface area contributed by atoms with Gasteiger partial charge in [-0.25, -0.2) is 0 Å². The van der Waals surface area contributed by atoms with Gasteiger partial charge in [-0.15, -0.1) is 0 Å². The van der Waals surface area contributed by atoms with Crippen LogP contribution in [0.5, 0.6) is 5.75 Å². The number of carbonyl (C=O) groups is 2. The molecule has 6 heteroatoms. The van der Waals surface area contributed by atoms with Crippen LogP contribution in [0.15, 0.2) is 18.2 Å². The van der Waals surface area contributed by atoms with Gasteiger partial charge in [0.1, 0.15) is 5.75 Å². The SMILES string of the molecule is CCC(C)(C)NC(=O)COc1cc(Cl)ccc1C(N)=O. The Bertz CT molecular complexity index is 515. The highest BCUT2D eigenvalue weighted by Gasteiger charge is 2.18. The van der Waals surface area contributed by atoms with Crippen molar-refractivity contribution in [2.75, 3.05) is 6.61 Å². The predicted octanol–water partition coefficient (Wildman–Crippen LogP) is 2.12. The summed E-state index contributed by atoms with van der Waals surface area (Å²) in [5.74, 6) is -0.701.